The van der Waals surface area contributed by atoms with Crippen molar-refractivity contribution in [3.63, 3.8) is 0 Å². The molecule has 0 unspecified atom stereocenters. The molecule has 0 atom stereocenters. The number of carbonyl (C=O) groups excluding carboxylic acids is 3. The molecule has 1 aliphatic rings. The summed E-state index contributed by atoms with van der Waals surface area (Å²) in [5, 5.41) is 2.96. The Morgan fingerprint density at radius 2 is 1.55 bits per heavy atom. The summed E-state index contributed by atoms with van der Waals surface area (Å²) in [5.41, 5.74) is 6.53. The van der Waals surface area contributed by atoms with Crippen LogP contribution in [0.4, 0.5) is 10.5 Å². The van der Waals surface area contributed by atoms with Gasteiger partial charge in [0.25, 0.3) is 11.8 Å². The number of carbonyl (C=O) groups is 3. The molecule has 3 aromatic carbocycles. The lowest BCUT2D eigenvalue weighted by Crippen LogP contribution is -2.54. The Hall–Kier alpha value is -4.62. The van der Waals surface area contributed by atoms with Crippen LogP contribution in [0.5, 0.6) is 5.75 Å². The van der Waals surface area contributed by atoms with Gasteiger partial charge in [-0.05, 0) is 99.0 Å². The Bertz CT molecular complexity index is 1680. The number of nitrogens with one attached hydrogen (secondary N) is 1. The maximum Gasteiger partial charge on any atom is 0.335 e. The molecule has 8 heteroatoms. The van der Waals surface area contributed by atoms with E-state index in [4.69, 9.17) is 16.3 Å². The molecule has 0 radical (unpaired) electrons. The predicted molar refractivity (Wildman–Crippen MR) is 156 cm³/mol. The number of aromatic nitrogens is 1. The van der Waals surface area contributed by atoms with Gasteiger partial charge in [0.15, 0.2) is 0 Å². The molecule has 4 aromatic rings. The first kappa shape index (κ1) is 27.0. The molecule has 0 saturated carbocycles. The van der Waals surface area contributed by atoms with Crippen molar-refractivity contribution in [2.75, 3.05) is 4.90 Å². The molecule has 5 rings (SSSR count). The number of aryl methyl sites for hydroxylation is 3. The van der Waals surface area contributed by atoms with E-state index in [1.54, 1.807) is 12.1 Å². The van der Waals surface area contributed by atoms with E-state index in [0.717, 1.165) is 38.7 Å². The molecule has 0 spiro atoms. The van der Waals surface area contributed by atoms with Crippen LogP contribution in [-0.2, 0) is 16.2 Å². The van der Waals surface area contributed by atoms with E-state index in [0.29, 0.717) is 28.6 Å². The lowest BCUT2D eigenvalue weighted by molar-refractivity contribution is -0.122. The maximum absolute atomic E-state index is 13.4. The van der Waals surface area contributed by atoms with Gasteiger partial charge in [-0.2, -0.15) is 0 Å². The standard InChI is InChI=1S/C32H28ClN3O4/c1-19-9-10-26(15-20(19)2)36-31(38)28(30(37)34-32(36)39)17-24-16-21(3)35(22(24)4)25-11-13-27(14-12-25)40-18-23-7-5-6-8-29(23)33/h5-17H,18H2,1-4H3,(H,34,37,39)/b28-17+. The van der Waals surface area contributed by atoms with Crippen molar-refractivity contribution < 1.29 is 19.1 Å². The van der Waals surface area contributed by atoms with E-state index in [1.165, 1.54) is 6.08 Å². The number of barbiturate groups is 1. The van der Waals surface area contributed by atoms with Crippen LogP contribution in [-0.4, -0.2) is 22.4 Å². The molecule has 1 saturated heterocycles. The fourth-order valence-corrected chi connectivity index (χ4v) is 4.90. The third-order valence-electron chi connectivity index (χ3n) is 7.07. The fourth-order valence-electron chi connectivity index (χ4n) is 4.71. The van der Waals surface area contributed by atoms with Gasteiger partial charge in [0.05, 0.1) is 5.69 Å². The fraction of sp³-hybridized carbons (Fsp3) is 0.156. The number of nitrogens with zero attached hydrogens (tertiary/aromatic N) is 2. The van der Waals surface area contributed by atoms with Gasteiger partial charge >= 0.3 is 6.03 Å². The first-order valence-corrected chi connectivity index (χ1v) is 13.2. The van der Waals surface area contributed by atoms with Crippen LogP contribution in [0, 0.1) is 27.7 Å². The first-order chi connectivity index (χ1) is 19.1. The van der Waals surface area contributed by atoms with Crippen LogP contribution in [0.25, 0.3) is 11.8 Å². The number of rotatable bonds is 6. The Morgan fingerprint density at radius 1 is 0.850 bits per heavy atom. The summed E-state index contributed by atoms with van der Waals surface area (Å²) >= 11 is 6.23. The maximum atomic E-state index is 13.4. The van der Waals surface area contributed by atoms with Gasteiger partial charge in [0, 0.05) is 27.7 Å². The second-order valence-electron chi connectivity index (χ2n) is 9.76. The molecule has 1 aromatic heterocycles. The molecule has 0 aliphatic carbocycles. The third-order valence-corrected chi connectivity index (χ3v) is 7.44. The minimum absolute atomic E-state index is 0.110. The lowest BCUT2D eigenvalue weighted by Gasteiger charge is -2.26. The quantitative estimate of drug-likeness (QED) is 0.215. The zero-order valence-corrected chi connectivity index (χ0v) is 23.4. The van der Waals surface area contributed by atoms with E-state index in [-0.39, 0.29) is 5.57 Å². The van der Waals surface area contributed by atoms with Crippen LogP contribution in [0.1, 0.15) is 33.6 Å². The van der Waals surface area contributed by atoms with Crippen LogP contribution in [0.15, 0.2) is 78.4 Å². The van der Waals surface area contributed by atoms with Crippen LogP contribution < -0.4 is 15.0 Å². The Kier molecular flexibility index (Phi) is 7.32. The van der Waals surface area contributed by atoms with E-state index in [1.807, 2.05) is 92.9 Å². The van der Waals surface area contributed by atoms with Crippen LogP contribution in [0.2, 0.25) is 5.02 Å². The predicted octanol–water partition coefficient (Wildman–Crippen LogP) is 6.61. The minimum atomic E-state index is -0.766. The molecule has 202 valence electrons. The summed E-state index contributed by atoms with van der Waals surface area (Å²) < 4.78 is 7.93. The zero-order chi connectivity index (χ0) is 28.6. The average Bonchev–Trinajstić information content (AvgIpc) is 3.20. The number of ether oxygens (including phenoxy) is 1. The van der Waals surface area contributed by atoms with Gasteiger partial charge in [-0.25, -0.2) is 9.69 Å². The summed E-state index contributed by atoms with van der Waals surface area (Å²) in [6.45, 7) is 8.07. The highest BCUT2D eigenvalue weighted by molar-refractivity contribution is 6.39. The zero-order valence-electron chi connectivity index (χ0n) is 22.6. The number of halogens is 1. The summed E-state index contributed by atoms with van der Waals surface area (Å²) in [5.74, 6) is -0.684. The number of urea groups is 1. The highest BCUT2D eigenvalue weighted by Gasteiger charge is 2.37. The monoisotopic (exact) mass is 553 g/mol. The molecule has 7 nitrogen and oxygen atoms in total. The molecular weight excluding hydrogens is 526 g/mol. The number of hydrogen-bond acceptors (Lipinski definition) is 4. The third kappa shape index (κ3) is 5.16. The van der Waals surface area contributed by atoms with Gasteiger partial charge < -0.3 is 9.30 Å². The van der Waals surface area contributed by atoms with E-state index in [9.17, 15) is 14.4 Å². The molecule has 1 aliphatic heterocycles. The second-order valence-corrected chi connectivity index (χ2v) is 10.2. The summed E-state index contributed by atoms with van der Waals surface area (Å²) in [6.07, 6.45) is 1.54. The van der Waals surface area contributed by atoms with Gasteiger partial charge in [-0.15, -0.1) is 0 Å². The molecule has 40 heavy (non-hydrogen) atoms. The van der Waals surface area contributed by atoms with Gasteiger partial charge in [0.2, 0.25) is 0 Å². The van der Waals surface area contributed by atoms with Crippen molar-refractivity contribution in [1.29, 1.82) is 0 Å². The molecule has 0 bridgehead atoms. The molecule has 1 N–H and O–H groups in total. The van der Waals surface area contributed by atoms with Crippen LogP contribution in [0.3, 0.4) is 0 Å². The number of amides is 4. The van der Waals surface area contributed by atoms with Gasteiger partial charge in [-0.3, -0.25) is 14.9 Å². The minimum Gasteiger partial charge on any atom is -0.489 e. The molecule has 1 fully saturated rings. The van der Waals surface area contributed by atoms with E-state index < -0.39 is 17.8 Å². The van der Waals surface area contributed by atoms with E-state index in [2.05, 4.69) is 5.32 Å². The van der Waals surface area contributed by atoms with Crippen LogP contribution >= 0.6 is 11.6 Å². The van der Waals surface area contributed by atoms with Crippen molar-refractivity contribution in [2.45, 2.75) is 34.3 Å². The average molecular weight is 554 g/mol. The van der Waals surface area contributed by atoms with Crippen molar-refractivity contribution in [1.82, 2.24) is 9.88 Å². The number of hydrogen-bond donors (Lipinski definition) is 1. The smallest absolute Gasteiger partial charge is 0.335 e. The lowest BCUT2D eigenvalue weighted by atomic mass is 10.1. The van der Waals surface area contributed by atoms with E-state index >= 15 is 0 Å². The Labute approximate surface area is 237 Å². The Balaban J connectivity index is 1.41. The van der Waals surface area contributed by atoms with Crippen molar-refractivity contribution in [2.24, 2.45) is 0 Å². The van der Waals surface area contributed by atoms with Crippen molar-refractivity contribution in [3.8, 4) is 11.4 Å². The normalized spacial score (nSPS) is 14.6. The van der Waals surface area contributed by atoms with Crippen molar-refractivity contribution in [3.05, 3.63) is 117 Å². The molecule has 4 amide bonds. The highest BCUT2D eigenvalue weighted by atomic mass is 35.5. The SMILES string of the molecule is Cc1ccc(N2C(=O)NC(=O)/C(=C\c3cc(C)n(-c4ccc(OCc5ccccc5Cl)cc4)c3C)C2=O)cc1C. The largest absolute Gasteiger partial charge is 0.489 e. The topological polar surface area (TPSA) is 80.6 Å². The summed E-state index contributed by atoms with van der Waals surface area (Å²) in [7, 11) is 0. The highest BCUT2D eigenvalue weighted by Crippen LogP contribution is 2.28. The van der Waals surface area contributed by atoms with Gasteiger partial charge in [-0.1, -0.05) is 35.9 Å². The first-order valence-electron chi connectivity index (χ1n) is 12.8. The Morgan fingerprint density at radius 3 is 2.25 bits per heavy atom. The number of imide groups is 2. The van der Waals surface area contributed by atoms with Crippen molar-refractivity contribution >= 4 is 41.2 Å². The second kappa shape index (κ2) is 10.9. The number of benzene rings is 3. The molecule has 2 heterocycles. The summed E-state index contributed by atoms with van der Waals surface area (Å²) in [4.78, 5) is 39.7. The summed E-state index contributed by atoms with van der Waals surface area (Å²) in [6, 6.07) is 21.6. The number of anilines is 1. The molecular formula is C32H28ClN3O4. The van der Waals surface area contributed by atoms with Gasteiger partial charge in [0.1, 0.15) is 17.9 Å².